The Bertz CT molecular complexity index is 626. The Morgan fingerprint density at radius 1 is 0.962 bits per heavy atom. The summed E-state index contributed by atoms with van der Waals surface area (Å²) in [4.78, 5) is 23.4. The highest BCUT2D eigenvalue weighted by Crippen LogP contribution is 2.72. The maximum Gasteiger partial charge on any atom is 0.306 e. The number of fused-ring (bicyclic) bond motifs is 3. The molecule has 1 spiro atoms. The van der Waals surface area contributed by atoms with Crippen LogP contribution in [-0.2, 0) is 14.3 Å². The second-order valence-electron chi connectivity index (χ2n) is 10.7. The van der Waals surface area contributed by atoms with Gasteiger partial charge in [0.05, 0.1) is 5.92 Å². The molecule has 0 saturated heterocycles. The van der Waals surface area contributed by atoms with Crippen LogP contribution in [0.1, 0.15) is 79.1 Å². The Morgan fingerprint density at radius 3 is 2.35 bits per heavy atom. The van der Waals surface area contributed by atoms with E-state index in [0.717, 1.165) is 44.9 Å². The van der Waals surface area contributed by atoms with E-state index in [0.29, 0.717) is 17.8 Å². The number of carboxylic acids is 1. The summed E-state index contributed by atoms with van der Waals surface area (Å²) < 4.78 is 5.73. The lowest BCUT2D eigenvalue weighted by atomic mass is 9.41. The molecule has 2 bridgehead atoms. The van der Waals surface area contributed by atoms with Crippen LogP contribution in [0.3, 0.4) is 0 Å². The van der Waals surface area contributed by atoms with E-state index in [1.165, 1.54) is 13.3 Å². The molecule has 4 fully saturated rings. The summed E-state index contributed by atoms with van der Waals surface area (Å²) >= 11 is 0. The fourth-order valence-corrected chi connectivity index (χ4v) is 8.35. The molecular weight excluding hydrogens is 328 g/mol. The summed E-state index contributed by atoms with van der Waals surface area (Å²) in [6.07, 6.45) is 8.67. The molecule has 0 radical (unpaired) electrons. The fraction of sp³-hybridized carbons (Fsp3) is 0.909. The predicted molar refractivity (Wildman–Crippen MR) is 98.4 cm³/mol. The van der Waals surface area contributed by atoms with Gasteiger partial charge in [-0.1, -0.05) is 20.8 Å². The van der Waals surface area contributed by atoms with Gasteiger partial charge in [0, 0.05) is 12.3 Å². The third-order valence-corrected chi connectivity index (χ3v) is 9.25. The minimum absolute atomic E-state index is 0.0120. The second kappa shape index (κ2) is 5.72. The van der Waals surface area contributed by atoms with Crippen molar-refractivity contribution in [2.45, 2.75) is 85.2 Å². The molecule has 4 heteroatoms. The molecule has 26 heavy (non-hydrogen) atoms. The molecule has 0 aliphatic heterocycles. The van der Waals surface area contributed by atoms with E-state index in [2.05, 4.69) is 20.8 Å². The van der Waals surface area contributed by atoms with Crippen molar-refractivity contribution in [3.05, 3.63) is 0 Å². The smallest absolute Gasteiger partial charge is 0.306 e. The molecular formula is C22H34O4. The van der Waals surface area contributed by atoms with Crippen LogP contribution in [-0.4, -0.2) is 23.1 Å². The Balaban J connectivity index is 1.64. The van der Waals surface area contributed by atoms with Crippen LogP contribution >= 0.6 is 0 Å². The summed E-state index contributed by atoms with van der Waals surface area (Å²) in [5, 5.41) is 9.70. The highest BCUT2D eigenvalue weighted by Gasteiger charge is 2.66. The topological polar surface area (TPSA) is 63.6 Å². The molecule has 0 aromatic carbocycles. The molecule has 146 valence electrons. The van der Waals surface area contributed by atoms with Crippen LogP contribution in [0.15, 0.2) is 0 Å². The minimum Gasteiger partial charge on any atom is -0.481 e. The standard InChI is InChI=1S/C22H34O4/c1-13(23)26-18-8-9-21(4)16(20(18,2)3)7-10-22-11-14(5-6-17(21)22)15(12-22)19(24)25/h14-18H,5-12H2,1-4H3,(H,24,25)/t14?,15-,16-,17+,18-,21-,22?/m1/s1. The number of carbonyl (C=O) groups excluding carboxylic acids is 1. The summed E-state index contributed by atoms with van der Waals surface area (Å²) in [5.74, 6) is 0.717. The first-order chi connectivity index (χ1) is 12.1. The largest absolute Gasteiger partial charge is 0.481 e. The number of hydrogen-bond acceptors (Lipinski definition) is 3. The van der Waals surface area contributed by atoms with Crippen LogP contribution in [0.4, 0.5) is 0 Å². The highest BCUT2D eigenvalue weighted by molar-refractivity contribution is 5.71. The summed E-state index contributed by atoms with van der Waals surface area (Å²) in [5.41, 5.74) is 0.486. The molecule has 1 N–H and O–H groups in total. The van der Waals surface area contributed by atoms with Crippen LogP contribution in [0, 0.1) is 39.9 Å². The van der Waals surface area contributed by atoms with E-state index >= 15 is 0 Å². The number of hydrogen-bond donors (Lipinski definition) is 1. The summed E-state index contributed by atoms with van der Waals surface area (Å²) in [6, 6.07) is 0. The first-order valence-corrected chi connectivity index (χ1v) is 10.5. The number of esters is 1. The lowest BCUT2D eigenvalue weighted by Crippen LogP contribution is -2.59. The molecule has 4 rings (SSSR count). The predicted octanol–water partition coefficient (Wildman–Crippen LogP) is 4.66. The van der Waals surface area contributed by atoms with Gasteiger partial charge in [0.15, 0.2) is 0 Å². The molecule has 2 unspecified atom stereocenters. The molecule has 0 heterocycles. The van der Waals surface area contributed by atoms with Gasteiger partial charge in [-0.25, -0.2) is 0 Å². The number of carboxylic acid groups (broad SMARTS) is 1. The Morgan fingerprint density at radius 2 is 1.69 bits per heavy atom. The molecule has 0 aromatic rings. The second-order valence-corrected chi connectivity index (χ2v) is 10.7. The van der Waals surface area contributed by atoms with E-state index in [1.54, 1.807) is 0 Å². The Hall–Kier alpha value is -1.06. The van der Waals surface area contributed by atoms with Gasteiger partial charge >= 0.3 is 11.9 Å². The van der Waals surface area contributed by atoms with Crippen LogP contribution in [0.25, 0.3) is 0 Å². The van der Waals surface area contributed by atoms with Crippen molar-refractivity contribution < 1.29 is 19.4 Å². The van der Waals surface area contributed by atoms with Gasteiger partial charge in [-0.15, -0.1) is 0 Å². The first kappa shape index (κ1) is 18.3. The van der Waals surface area contributed by atoms with E-state index in [-0.39, 0.29) is 34.2 Å². The number of ether oxygens (including phenoxy) is 1. The van der Waals surface area contributed by atoms with Crippen molar-refractivity contribution in [2.24, 2.45) is 39.9 Å². The van der Waals surface area contributed by atoms with Crippen molar-refractivity contribution in [1.29, 1.82) is 0 Å². The number of aliphatic carboxylic acids is 1. The summed E-state index contributed by atoms with van der Waals surface area (Å²) in [7, 11) is 0. The maximum absolute atomic E-state index is 11.8. The zero-order chi connectivity index (χ0) is 18.9. The van der Waals surface area contributed by atoms with Crippen molar-refractivity contribution in [3.8, 4) is 0 Å². The first-order valence-electron chi connectivity index (χ1n) is 10.5. The number of rotatable bonds is 2. The van der Waals surface area contributed by atoms with Gasteiger partial charge in [-0.3, -0.25) is 9.59 Å². The molecule has 4 aliphatic carbocycles. The third kappa shape index (κ3) is 2.39. The van der Waals surface area contributed by atoms with Crippen molar-refractivity contribution in [1.82, 2.24) is 0 Å². The molecule has 0 aromatic heterocycles. The van der Waals surface area contributed by atoms with Crippen molar-refractivity contribution in [2.75, 3.05) is 0 Å². The Kier molecular flexibility index (Phi) is 4.03. The van der Waals surface area contributed by atoms with Gasteiger partial charge in [-0.2, -0.15) is 0 Å². The molecule has 7 atom stereocenters. The minimum atomic E-state index is -0.571. The lowest BCUT2D eigenvalue weighted by Gasteiger charge is -2.65. The lowest BCUT2D eigenvalue weighted by molar-refractivity contribution is -0.197. The molecule has 4 aliphatic rings. The van der Waals surface area contributed by atoms with Crippen LogP contribution in [0.5, 0.6) is 0 Å². The van der Waals surface area contributed by atoms with Crippen LogP contribution < -0.4 is 0 Å². The van der Waals surface area contributed by atoms with E-state index in [4.69, 9.17) is 4.74 Å². The van der Waals surface area contributed by atoms with Gasteiger partial charge in [0.1, 0.15) is 6.10 Å². The van der Waals surface area contributed by atoms with Gasteiger partial charge < -0.3 is 9.84 Å². The third-order valence-electron chi connectivity index (χ3n) is 9.25. The molecule has 0 amide bonds. The highest BCUT2D eigenvalue weighted by atomic mass is 16.5. The van der Waals surface area contributed by atoms with Crippen molar-refractivity contribution in [3.63, 3.8) is 0 Å². The van der Waals surface area contributed by atoms with E-state index in [9.17, 15) is 14.7 Å². The SMILES string of the molecule is CC(=O)O[C@@H]1CC[C@@]2(C)[C@@H]3CCC4CC3(CC[C@@H]2C1(C)C)C[C@H]4C(=O)O. The zero-order valence-electron chi connectivity index (χ0n) is 16.7. The quantitative estimate of drug-likeness (QED) is 0.726. The van der Waals surface area contributed by atoms with Gasteiger partial charge in [0.2, 0.25) is 0 Å². The monoisotopic (exact) mass is 362 g/mol. The normalized spacial score (nSPS) is 49.0. The van der Waals surface area contributed by atoms with E-state index < -0.39 is 5.97 Å². The van der Waals surface area contributed by atoms with Crippen molar-refractivity contribution >= 4 is 11.9 Å². The van der Waals surface area contributed by atoms with E-state index in [1.807, 2.05) is 0 Å². The summed E-state index contributed by atoms with van der Waals surface area (Å²) in [6.45, 7) is 8.58. The molecule has 4 nitrogen and oxygen atoms in total. The average Bonchev–Trinajstić information content (AvgIpc) is 2.81. The van der Waals surface area contributed by atoms with Gasteiger partial charge in [0.25, 0.3) is 0 Å². The molecule has 4 saturated carbocycles. The maximum atomic E-state index is 11.8. The zero-order valence-corrected chi connectivity index (χ0v) is 16.7. The Labute approximate surface area is 157 Å². The number of carbonyl (C=O) groups is 2. The van der Waals surface area contributed by atoms with Crippen LogP contribution in [0.2, 0.25) is 0 Å². The van der Waals surface area contributed by atoms with Gasteiger partial charge in [-0.05, 0) is 80.0 Å². The fourth-order valence-electron chi connectivity index (χ4n) is 8.35. The average molecular weight is 363 g/mol.